The van der Waals surface area contributed by atoms with E-state index in [-0.39, 0.29) is 24.2 Å². The zero-order chi connectivity index (χ0) is 16.9. The van der Waals surface area contributed by atoms with E-state index >= 15 is 0 Å². The van der Waals surface area contributed by atoms with E-state index in [9.17, 15) is 9.59 Å². The molecule has 1 atom stereocenters. The van der Waals surface area contributed by atoms with E-state index in [1.807, 2.05) is 21.9 Å². The normalized spacial score (nSPS) is 20.1. The van der Waals surface area contributed by atoms with Crippen molar-refractivity contribution in [2.75, 3.05) is 39.8 Å². The monoisotopic (exact) mass is 367 g/mol. The molecule has 7 heteroatoms. The summed E-state index contributed by atoms with van der Waals surface area (Å²) < 4.78 is 5.17. The van der Waals surface area contributed by atoms with Crippen LogP contribution in [-0.4, -0.2) is 67.5 Å². The van der Waals surface area contributed by atoms with Crippen LogP contribution in [0.3, 0.4) is 0 Å². The van der Waals surface area contributed by atoms with Gasteiger partial charge in [0, 0.05) is 44.2 Å². The quantitative estimate of drug-likeness (QED) is 0.877. The number of methoxy groups -OCH3 is 1. The first-order chi connectivity index (χ1) is 11.7. The molecular weight excluding hydrogens is 342 g/mol. The van der Waals surface area contributed by atoms with Crippen molar-refractivity contribution < 1.29 is 14.3 Å². The summed E-state index contributed by atoms with van der Waals surface area (Å²) in [5, 5.41) is 3.36. The average Bonchev–Trinajstić information content (AvgIpc) is 3.14. The lowest BCUT2D eigenvalue weighted by Gasteiger charge is -2.35. The Bertz CT molecular complexity index is 597. The number of nitrogens with zero attached hydrogens (tertiary/aromatic N) is 2. The van der Waals surface area contributed by atoms with Gasteiger partial charge in [-0.1, -0.05) is 6.07 Å². The molecule has 1 unspecified atom stereocenters. The molecule has 1 aromatic carbocycles. The van der Waals surface area contributed by atoms with Crippen LogP contribution in [0.4, 0.5) is 0 Å². The molecule has 2 aliphatic rings. The van der Waals surface area contributed by atoms with Gasteiger partial charge in [-0.3, -0.25) is 9.59 Å². The fourth-order valence-electron chi connectivity index (χ4n) is 3.37. The predicted octanol–water partition coefficient (Wildman–Crippen LogP) is 1.54. The Morgan fingerprint density at radius 1 is 1.20 bits per heavy atom. The Morgan fingerprint density at radius 3 is 2.56 bits per heavy atom. The Balaban J connectivity index is 0.00000225. The second-order valence-corrected chi connectivity index (χ2v) is 6.40. The van der Waals surface area contributed by atoms with Gasteiger partial charge in [0.15, 0.2) is 0 Å². The van der Waals surface area contributed by atoms with Crippen LogP contribution >= 0.6 is 12.4 Å². The Hall–Kier alpha value is -1.79. The lowest BCUT2D eigenvalue weighted by Crippen LogP contribution is -2.51. The number of nitrogens with one attached hydrogen (secondary N) is 1. The second-order valence-electron chi connectivity index (χ2n) is 6.40. The van der Waals surface area contributed by atoms with Crippen molar-refractivity contribution in [3.8, 4) is 5.75 Å². The zero-order valence-corrected chi connectivity index (χ0v) is 15.4. The molecule has 138 valence electrons. The highest BCUT2D eigenvalue weighted by molar-refractivity contribution is 5.94. The lowest BCUT2D eigenvalue weighted by atomic mass is 10.1. The molecule has 1 aromatic rings. The topological polar surface area (TPSA) is 61.9 Å². The molecule has 2 aliphatic heterocycles. The van der Waals surface area contributed by atoms with E-state index in [1.165, 1.54) is 0 Å². The summed E-state index contributed by atoms with van der Waals surface area (Å²) in [5.74, 6) is 0.875. The zero-order valence-electron chi connectivity index (χ0n) is 14.6. The minimum absolute atomic E-state index is 0. The number of ether oxygens (including phenoxy) is 1. The van der Waals surface area contributed by atoms with Gasteiger partial charge in [0.05, 0.1) is 7.11 Å². The molecular formula is C18H26ClN3O3. The predicted molar refractivity (Wildman–Crippen MR) is 98.4 cm³/mol. The fourth-order valence-corrected chi connectivity index (χ4v) is 3.37. The number of rotatable bonds is 4. The first-order valence-corrected chi connectivity index (χ1v) is 8.62. The van der Waals surface area contributed by atoms with E-state index in [0.717, 1.165) is 19.4 Å². The molecule has 1 N–H and O–H groups in total. The average molecular weight is 368 g/mol. The molecule has 0 aliphatic carbocycles. The van der Waals surface area contributed by atoms with E-state index in [0.29, 0.717) is 50.0 Å². The van der Waals surface area contributed by atoms with Gasteiger partial charge in [-0.05, 0) is 37.6 Å². The van der Waals surface area contributed by atoms with E-state index in [4.69, 9.17) is 4.74 Å². The lowest BCUT2D eigenvalue weighted by molar-refractivity contribution is -0.133. The van der Waals surface area contributed by atoms with Gasteiger partial charge in [-0.25, -0.2) is 0 Å². The summed E-state index contributed by atoms with van der Waals surface area (Å²) in [6.45, 7) is 3.41. The van der Waals surface area contributed by atoms with Crippen molar-refractivity contribution >= 4 is 24.2 Å². The molecule has 25 heavy (non-hydrogen) atoms. The summed E-state index contributed by atoms with van der Waals surface area (Å²) in [4.78, 5) is 28.6. The number of carbonyl (C=O) groups is 2. The minimum atomic E-state index is -0.00143. The molecule has 3 rings (SSSR count). The van der Waals surface area contributed by atoms with Crippen LogP contribution in [0.5, 0.6) is 5.75 Å². The summed E-state index contributed by atoms with van der Waals surface area (Å²) >= 11 is 0. The standard InChI is InChI=1S/C18H25N3O3.ClH/c1-24-16-6-2-4-14(12-16)18(23)21-10-8-20(9-11-21)17(22)13-15-5-3-7-19-15;/h2,4,6,12,15,19H,3,5,7-11,13H2,1H3;1H. The van der Waals surface area contributed by atoms with Crippen molar-refractivity contribution in [1.29, 1.82) is 0 Å². The van der Waals surface area contributed by atoms with Gasteiger partial charge in [0.1, 0.15) is 5.75 Å². The number of carbonyl (C=O) groups excluding carboxylic acids is 2. The van der Waals surface area contributed by atoms with Crippen LogP contribution in [-0.2, 0) is 4.79 Å². The molecule has 0 bridgehead atoms. The van der Waals surface area contributed by atoms with E-state index in [1.54, 1.807) is 19.2 Å². The van der Waals surface area contributed by atoms with Crippen molar-refractivity contribution in [3.05, 3.63) is 29.8 Å². The number of piperazine rings is 1. The molecule has 0 spiro atoms. The molecule has 6 nitrogen and oxygen atoms in total. The SMILES string of the molecule is COc1cccc(C(=O)N2CCN(C(=O)CC3CCCN3)CC2)c1.Cl. The fraction of sp³-hybridized carbons (Fsp3) is 0.556. The Kier molecular flexibility index (Phi) is 7.08. The van der Waals surface area contributed by atoms with Gasteiger partial charge in [0.2, 0.25) is 5.91 Å². The molecule has 2 fully saturated rings. The smallest absolute Gasteiger partial charge is 0.254 e. The maximum absolute atomic E-state index is 12.6. The second kappa shape index (κ2) is 9.06. The van der Waals surface area contributed by atoms with E-state index < -0.39 is 0 Å². The van der Waals surface area contributed by atoms with Gasteiger partial charge in [-0.15, -0.1) is 12.4 Å². The highest BCUT2D eigenvalue weighted by Crippen LogP contribution is 2.16. The minimum Gasteiger partial charge on any atom is -0.497 e. The van der Waals surface area contributed by atoms with Crippen LogP contribution < -0.4 is 10.1 Å². The third kappa shape index (κ3) is 4.86. The summed E-state index contributed by atoms with van der Waals surface area (Å²) in [5.41, 5.74) is 0.629. The maximum atomic E-state index is 12.6. The molecule has 0 saturated carbocycles. The molecule has 0 radical (unpaired) electrons. The summed E-state index contributed by atoms with van der Waals surface area (Å²) in [6, 6.07) is 7.53. The van der Waals surface area contributed by atoms with Crippen molar-refractivity contribution in [1.82, 2.24) is 15.1 Å². The van der Waals surface area contributed by atoms with Crippen molar-refractivity contribution in [3.63, 3.8) is 0 Å². The number of amides is 2. The van der Waals surface area contributed by atoms with Gasteiger partial charge in [-0.2, -0.15) is 0 Å². The Labute approximate surface area is 154 Å². The number of halogens is 1. The number of benzene rings is 1. The van der Waals surface area contributed by atoms with Crippen molar-refractivity contribution in [2.45, 2.75) is 25.3 Å². The van der Waals surface area contributed by atoms with Crippen LogP contribution in [0.25, 0.3) is 0 Å². The van der Waals surface area contributed by atoms with Gasteiger partial charge >= 0.3 is 0 Å². The first kappa shape index (κ1) is 19.5. The summed E-state index contributed by atoms with van der Waals surface area (Å²) in [6.07, 6.45) is 2.81. The van der Waals surface area contributed by atoms with Gasteiger partial charge in [0.25, 0.3) is 5.91 Å². The number of hydrogen-bond donors (Lipinski definition) is 1. The van der Waals surface area contributed by atoms with Crippen molar-refractivity contribution in [2.24, 2.45) is 0 Å². The first-order valence-electron chi connectivity index (χ1n) is 8.62. The molecule has 2 saturated heterocycles. The van der Waals surface area contributed by atoms with Gasteiger partial charge < -0.3 is 19.9 Å². The molecule has 0 aromatic heterocycles. The number of hydrogen-bond acceptors (Lipinski definition) is 4. The van der Waals surface area contributed by atoms with Crippen LogP contribution in [0.15, 0.2) is 24.3 Å². The van der Waals surface area contributed by atoms with Crippen LogP contribution in [0.2, 0.25) is 0 Å². The molecule has 2 heterocycles. The molecule has 2 amide bonds. The van der Waals surface area contributed by atoms with E-state index in [2.05, 4.69) is 5.32 Å². The largest absolute Gasteiger partial charge is 0.497 e. The third-order valence-electron chi connectivity index (χ3n) is 4.82. The van der Waals surface area contributed by atoms with Crippen LogP contribution in [0, 0.1) is 0 Å². The Morgan fingerprint density at radius 2 is 1.92 bits per heavy atom. The highest BCUT2D eigenvalue weighted by atomic mass is 35.5. The summed E-state index contributed by atoms with van der Waals surface area (Å²) in [7, 11) is 1.59. The highest BCUT2D eigenvalue weighted by Gasteiger charge is 2.27. The maximum Gasteiger partial charge on any atom is 0.254 e. The van der Waals surface area contributed by atoms with Crippen LogP contribution in [0.1, 0.15) is 29.6 Å². The third-order valence-corrected chi connectivity index (χ3v) is 4.82.